The van der Waals surface area contributed by atoms with Crippen LogP contribution in [0.25, 0.3) is 0 Å². The molecule has 1 heterocycles. The fourth-order valence-corrected chi connectivity index (χ4v) is 3.01. The highest BCUT2D eigenvalue weighted by Crippen LogP contribution is 2.30. The van der Waals surface area contributed by atoms with Gasteiger partial charge in [-0.2, -0.15) is 0 Å². The second-order valence-corrected chi connectivity index (χ2v) is 6.07. The maximum Gasteiger partial charge on any atom is 0.127 e. The third-order valence-electron chi connectivity index (χ3n) is 3.49. The van der Waals surface area contributed by atoms with Crippen LogP contribution in [-0.2, 0) is 0 Å². The molecule has 114 valence electrons. The van der Waals surface area contributed by atoms with Crippen molar-refractivity contribution >= 4 is 11.3 Å². The van der Waals surface area contributed by atoms with Gasteiger partial charge in [-0.1, -0.05) is 6.07 Å². The second kappa shape index (κ2) is 6.91. The minimum atomic E-state index is 0.155. The zero-order valence-corrected chi connectivity index (χ0v) is 14.0. The molecule has 0 spiro atoms. The molecular formula is C16H22N2O2S. The molecule has 5 heteroatoms. The highest BCUT2D eigenvalue weighted by Gasteiger charge is 2.16. The number of rotatable bonds is 6. The van der Waals surface area contributed by atoms with Crippen molar-refractivity contribution in [2.75, 3.05) is 14.2 Å². The van der Waals surface area contributed by atoms with Crippen molar-refractivity contribution in [1.29, 1.82) is 0 Å². The maximum atomic E-state index is 5.47. The van der Waals surface area contributed by atoms with Crippen LogP contribution < -0.4 is 14.8 Å². The Bertz CT molecular complexity index is 598. The van der Waals surface area contributed by atoms with Crippen molar-refractivity contribution in [2.24, 2.45) is 0 Å². The van der Waals surface area contributed by atoms with Crippen molar-refractivity contribution in [2.45, 2.75) is 32.9 Å². The molecule has 0 saturated heterocycles. The molecular weight excluding hydrogens is 284 g/mol. The third-order valence-corrected chi connectivity index (χ3v) is 4.28. The van der Waals surface area contributed by atoms with Crippen LogP contribution in [0.4, 0.5) is 0 Å². The SMILES string of the molecule is COc1ccc(C(C)NC(C)c2csc(C)n2)c(OC)c1. The van der Waals surface area contributed by atoms with Crippen LogP contribution in [0.15, 0.2) is 23.6 Å². The van der Waals surface area contributed by atoms with E-state index in [1.807, 2.05) is 25.1 Å². The van der Waals surface area contributed by atoms with Crippen LogP contribution in [0.3, 0.4) is 0 Å². The Labute approximate surface area is 130 Å². The molecule has 1 aromatic carbocycles. The van der Waals surface area contributed by atoms with Gasteiger partial charge >= 0.3 is 0 Å². The number of methoxy groups -OCH3 is 2. The zero-order chi connectivity index (χ0) is 15.4. The second-order valence-electron chi connectivity index (χ2n) is 5.01. The van der Waals surface area contributed by atoms with Crippen LogP contribution >= 0.6 is 11.3 Å². The molecule has 0 radical (unpaired) electrons. The molecule has 2 unspecified atom stereocenters. The summed E-state index contributed by atoms with van der Waals surface area (Å²) < 4.78 is 10.7. The number of ether oxygens (including phenoxy) is 2. The third kappa shape index (κ3) is 3.74. The van der Waals surface area contributed by atoms with Crippen LogP contribution in [-0.4, -0.2) is 19.2 Å². The Morgan fingerprint density at radius 3 is 2.48 bits per heavy atom. The summed E-state index contributed by atoms with van der Waals surface area (Å²) in [6, 6.07) is 6.24. The first-order valence-electron chi connectivity index (χ1n) is 6.95. The quantitative estimate of drug-likeness (QED) is 0.879. The van der Waals surface area contributed by atoms with E-state index in [1.54, 1.807) is 25.6 Å². The lowest BCUT2D eigenvalue weighted by atomic mass is 10.1. The van der Waals surface area contributed by atoms with E-state index in [2.05, 4.69) is 29.5 Å². The van der Waals surface area contributed by atoms with Crippen molar-refractivity contribution in [1.82, 2.24) is 10.3 Å². The first-order valence-corrected chi connectivity index (χ1v) is 7.83. The van der Waals surface area contributed by atoms with Gasteiger partial charge in [0, 0.05) is 29.1 Å². The molecule has 0 saturated carbocycles. The van der Waals surface area contributed by atoms with Gasteiger partial charge in [0.2, 0.25) is 0 Å². The molecule has 2 atom stereocenters. The number of thiazole rings is 1. The average Bonchev–Trinajstić information content (AvgIpc) is 2.93. The van der Waals surface area contributed by atoms with Crippen molar-refractivity contribution in [3.05, 3.63) is 39.8 Å². The molecule has 0 amide bonds. The minimum absolute atomic E-state index is 0.155. The van der Waals surface area contributed by atoms with Gasteiger partial charge in [0.25, 0.3) is 0 Å². The number of hydrogen-bond acceptors (Lipinski definition) is 5. The zero-order valence-electron chi connectivity index (χ0n) is 13.1. The monoisotopic (exact) mass is 306 g/mol. The van der Waals surface area contributed by atoms with Crippen molar-refractivity contribution < 1.29 is 9.47 Å². The maximum absolute atomic E-state index is 5.47. The number of nitrogens with one attached hydrogen (secondary N) is 1. The van der Waals surface area contributed by atoms with E-state index >= 15 is 0 Å². The van der Waals surface area contributed by atoms with Gasteiger partial charge in [-0.15, -0.1) is 11.3 Å². The summed E-state index contributed by atoms with van der Waals surface area (Å²) in [5, 5.41) is 6.75. The van der Waals surface area contributed by atoms with E-state index in [1.165, 1.54) is 0 Å². The number of aromatic nitrogens is 1. The standard InChI is InChI=1S/C16H22N2O2S/c1-10(17-11(2)15-9-21-12(3)18-15)14-7-6-13(19-4)8-16(14)20-5/h6-11,17H,1-5H3. The molecule has 21 heavy (non-hydrogen) atoms. The Balaban J connectivity index is 2.14. The summed E-state index contributed by atoms with van der Waals surface area (Å²) >= 11 is 1.68. The van der Waals surface area contributed by atoms with Gasteiger partial charge in [0.15, 0.2) is 0 Å². The van der Waals surface area contributed by atoms with Gasteiger partial charge in [0.1, 0.15) is 11.5 Å². The first kappa shape index (κ1) is 15.8. The van der Waals surface area contributed by atoms with E-state index < -0.39 is 0 Å². The largest absolute Gasteiger partial charge is 0.497 e. The van der Waals surface area contributed by atoms with Gasteiger partial charge in [-0.05, 0) is 26.8 Å². The van der Waals surface area contributed by atoms with E-state index in [9.17, 15) is 0 Å². The van der Waals surface area contributed by atoms with Gasteiger partial charge < -0.3 is 14.8 Å². The highest BCUT2D eigenvalue weighted by molar-refractivity contribution is 7.09. The Morgan fingerprint density at radius 1 is 1.14 bits per heavy atom. The van der Waals surface area contributed by atoms with Crippen LogP contribution in [0.1, 0.15) is 42.2 Å². The first-order chi connectivity index (χ1) is 10.0. The predicted octanol–water partition coefficient (Wildman–Crippen LogP) is 3.88. The van der Waals surface area contributed by atoms with Crippen molar-refractivity contribution in [3.63, 3.8) is 0 Å². The smallest absolute Gasteiger partial charge is 0.127 e. The number of benzene rings is 1. The predicted molar refractivity (Wildman–Crippen MR) is 86.4 cm³/mol. The molecule has 0 aliphatic heterocycles. The summed E-state index contributed by atoms with van der Waals surface area (Å²) in [5.74, 6) is 1.63. The molecule has 0 aliphatic rings. The normalized spacial score (nSPS) is 13.8. The fraction of sp³-hybridized carbons (Fsp3) is 0.438. The average molecular weight is 306 g/mol. The van der Waals surface area contributed by atoms with Crippen LogP contribution in [0.2, 0.25) is 0 Å². The molecule has 1 N–H and O–H groups in total. The van der Waals surface area contributed by atoms with Gasteiger partial charge in [0.05, 0.1) is 24.9 Å². The lowest BCUT2D eigenvalue weighted by molar-refractivity contribution is 0.382. The lowest BCUT2D eigenvalue weighted by Gasteiger charge is -2.21. The van der Waals surface area contributed by atoms with E-state index in [0.717, 1.165) is 27.8 Å². The molecule has 2 rings (SSSR count). The molecule has 4 nitrogen and oxygen atoms in total. The molecule has 1 aromatic heterocycles. The van der Waals surface area contributed by atoms with Gasteiger partial charge in [-0.25, -0.2) is 4.98 Å². The summed E-state index contributed by atoms with van der Waals surface area (Å²) in [6.07, 6.45) is 0. The molecule has 0 aliphatic carbocycles. The van der Waals surface area contributed by atoms with E-state index in [0.29, 0.717) is 0 Å². The highest BCUT2D eigenvalue weighted by atomic mass is 32.1. The summed E-state index contributed by atoms with van der Waals surface area (Å²) in [5.41, 5.74) is 2.19. The van der Waals surface area contributed by atoms with E-state index in [4.69, 9.17) is 9.47 Å². The Kier molecular flexibility index (Phi) is 5.20. The van der Waals surface area contributed by atoms with Crippen molar-refractivity contribution in [3.8, 4) is 11.5 Å². The topological polar surface area (TPSA) is 43.4 Å². The number of nitrogens with zero attached hydrogens (tertiary/aromatic N) is 1. The Hall–Kier alpha value is -1.59. The number of aryl methyl sites for hydroxylation is 1. The Morgan fingerprint density at radius 2 is 1.90 bits per heavy atom. The van der Waals surface area contributed by atoms with Crippen LogP contribution in [0, 0.1) is 6.92 Å². The number of hydrogen-bond donors (Lipinski definition) is 1. The fourth-order valence-electron chi connectivity index (χ4n) is 2.31. The summed E-state index contributed by atoms with van der Waals surface area (Å²) in [4.78, 5) is 4.53. The van der Waals surface area contributed by atoms with Gasteiger partial charge in [-0.3, -0.25) is 0 Å². The molecule has 0 fully saturated rings. The molecule has 2 aromatic rings. The van der Waals surface area contributed by atoms with E-state index in [-0.39, 0.29) is 12.1 Å². The minimum Gasteiger partial charge on any atom is -0.497 e. The summed E-state index contributed by atoms with van der Waals surface area (Å²) in [7, 11) is 3.33. The lowest BCUT2D eigenvalue weighted by Crippen LogP contribution is -2.23. The molecule has 0 bridgehead atoms. The van der Waals surface area contributed by atoms with Crippen LogP contribution in [0.5, 0.6) is 11.5 Å². The summed E-state index contributed by atoms with van der Waals surface area (Å²) in [6.45, 7) is 6.28.